The molecule has 0 unspecified atom stereocenters. The summed E-state index contributed by atoms with van der Waals surface area (Å²) >= 11 is 0. The maximum atomic E-state index is 2.31. The molecule has 0 radical (unpaired) electrons. The molecule has 0 aliphatic heterocycles. The van der Waals surface area contributed by atoms with Gasteiger partial charge in [0.1, 0.15) is 0 Å². The number of rotatable bonds is 2. The molecule has 0 bridgehead atoms. The molecule has 1 aromatic rings. The number of allylic oxidation sites excluding steroid dienone is 6. The first-order chi connectivity index (χ1) is 7.27. The molecule has 0 nitrogen and oxygen atoms in total. The van der Waals surface area contributed by atoms with Crippen LogP contribution in [-0.2, 0) is 0 Å². The van der Waals surface area contributed by atoms with Crippen LogP contribution in [0.1, 0.15) is 19.4 Å². The topological polar surface area (TPSA) is 0 Å². The first kappa shape index (κ1) is 9.97. The van der Waals surface area contributed by atoms with Crippen LogP contribution in [0.2, 0.25) is 0 Å². The van der Waals surface area contributed by atoms with Crippen molar-refractivity contribution in [2.75, 3.05) is 0 Å². The third-order valence-corrected chi connectivity index (χ3v) is 2.45. The van der Waals surface area contributed by atoms with Crippen molar-refractivity contribution >= 4 is 5.57 Å². The Morgan fingerprint density at radius 3 is 2.47 bits per heavy atom. The fraction of sp³-hybridized carbons (Fsp3) is 0.200. The molecule has 0 saturated heterocycles. The predicted molar refractivity (Wildman–Crippen MR) is 66.5 cm³/mol. The van der Waals surface area contributed by atoms with Gasteiger partial charge in [-0.3, -0.25) is 0 Å². The second kappa shape index (κ2) is 4.31. The van der Waals surface area contributed by atoms with Crippen LogP contribution in [0.3, 0.4) is 0 Å². The number of benzene rings is 1. The first-order valence-corrected chi connectivity index (χ1v) is 5.43. The van der Waals surface area contributed by atoms with E-state index >= 15 is 0 Å². The zero-order valence-corrected chi connectivity index (χ0v) is 9.27. The molecule has 0 amide bonds. The summed E-state index contributed by atoms with van der Waals surface area (Å²) in [5, 5.41) is 0. The minimum Gasteiger partial charge on any atom is -0.0741 e. The van der Waals surface area contributed by atoms with Gasteiger partial charge in [0.25, 0.3) is 0 Å². The maximum absolute atomic E-state index is 2.31. The molecule has 0 atom stereocenters. The highest BCUT2D eigenvalue weighted by molar-refractivity contribution is 5.85. The normalized spacial score (nSPS) is 17.5. The lowest BCUT2D eigenvalue weighted by molar-refractivity contribution is 0.828. The monoisotopic (exact) mass is 196 g/mol. The van der Waals surface area contributed by atoms with Crippen molar-refractivity contribution in [1.29, 1.82) is 0 Å². The lowest BCUT2D eigenvalue weighted by Crippen LogP contribution is -1.87. The molecular formula is C15H16. The molecule has 15 heavy (non-hydrogen) atoms. The molecule has 1 aromatic carbocycles. The smallest absolute Gasteiger partial charge is 0.0115 e. The van der Waals surface area contributed by atoms with E-state index < -0.39 is 0 Å². The Labute approximate surface area is 91.6 Å². The fourth-order valence-corrected chi connectivity index (χ4v) is 1.82. The van der Waals surface area contributed by atoms with Crippen molar-refractivity contribution in [2.45, 2.75) is 13.8 Å². The molecule has 0 saturated carbocycles. The molecule has 0 N–H and O–H groups in total. The zero-order chi connectivity index (χ0) is 10.7. The van der Waals surface area contributed by atoms with Crippen LogP contribution in [0.15, 0.2) is 60.2 Å². The standard InChI is InChI=1S/C15H16/c1-12(2)11-14-9-6-10-15(14)13-7-4-3-5-8-13/h3-12H,1-2H3. The summed E-state index contributed by atoms with van der Waals surface area (Å²) in [4.78, 5) is 0. The Morgan fingerprint density at radius 2 is 1.80 bits per heavy atom. The van der Waals surface area contributed by atoms with Crippen molar-refractivity contribution in [1.82, 2.24) is 0 Å². The Hall–Kier alpha value is -1.56. The van der Waals surface area contributed by atoms with E-state index in [4.69, 9.17) is 0 Å². The Kier molecular flexibility index (Phi) is 2.86. The Balaban J connectivity index is 2.33. The van der Waals surface area contributed by atoms with Crippen LogP contribution >= 0.6 is 0 Å². The fourth-order valence-electron chi connectivity index (χ4n) is 1.82. The summed E-state index contributed by atoms with van der Waals surface area (Å²) < 4.78 is 0. The third kappa shape index (κ3) is 2.27. The van der Waals surface area contributed by atoms with Gasteiger partial charge in [0.2, 0.25) is 0 Å². The molecule has 2 rings (SSSR count). The summed E-state index contributed by atoms with van der Waals surface area (Å²) in [6, 6.07) is 10.5. The molecule has 1 aliphatic carbocycles. The van der Waals surface area contributed by atoms with Gasteiger partial charge in [-0.15, -0.1) is 0 Å². The van der Waals surface area contributed by atoms with E-state index in [0.717, 1.165) is 0 Å². The molecule has 0 spiro atoms. The van der Waals surface area contributed by atoms with Crippen LogP contribution in [0.4, 0.5) is 0 Å². The van der Waals surface area contributed by atoms with Gasteiger partial charge >= 0.3 is 0 Å². The molecular weight excluding hydrogens is 180 g/mol. The molecule has 1 aliphatic rings. The molecule has 0 fully saturated rings. The van der Waals surface area contributed by atoms with Crippen molar-refractivity contribution < 1.29 is 0 Å². The highest BCUT2D eigenvalue weighted by Gasteiger charge is 2.08. The third-order valence-electron chi connectivity index (χ3n) is 2.45. The van der Waals surface area contributed by atoms with E-state index in [9.17, 15) is 0 Å². The van der Waals surface area contributed by atoms with E-state index in [1.165, 1.54) is 16.7 Å². The summed E-state index contributed by atoms with van der Waals surface area (Å²) in [5.41, 5.74) is 3.98. The van der Waals surface area contributed by atoms with Crippen molar-refractivity contribution in [2.24, 2.45) is 5.92 Å². The average molecular weight is 196 g/mol. The van der Waals surface area contributed by atoms with Gasteiger partial charge < -0.3 is 0 Å². The molecule has 0 heterocycles. The van der Waals surface area contributed by atoms with Gasteiger partial charge in [0.05, 0.1) is 0 Å². The van der Waals surface area contributed by atoms with Crippen molar-refractivity contribution in [3.05, 3.63) is 65.8 Å². The van der Waals surface area contributed by atoms with Crippen LogP contribution in [0.25, 0.3) is 5.57 Å². The summed E-state index contributed by atoms with van der Waals surface area (Å²) in [6.45, 7) is 4.42. The highest BCUT2D eigenvalue weighted by Crippen LogP contribution is 2.29. The van der Waals surface area contributed by atoms with Crippen LogP contribution in [-0.4, -0.2) is 0 Å². The SMILES string of the molecule is CC(C)C=C1C=CC=C1c1ccccc1. The van der Waals surface area contributed by atoms with Gasteiger partial charge in [-0.1, -0.05) is 68.5 Å². The summed E-state index contributed by atoms with van der Waals surface area (Å²) in [6.07, 6.45) is 8.80. The van der Waals surface area contributed by atoms with Crippen LogP contribution < -0.4 is 0 Å². The minimum absolute atomic E-state index is 0.592. The first-order valence-electron chi connectivity index (χ1n) is 5.43. The quantitative estimate of drug-likeness (QED) is 0.664. The van der Waals surface area contributed by atoms with Crippen LogP contribution in [0, 0.1) is 5.92 Å². The summed E-state index contributed by atoms with van der Waals surface area (Å²) in [5.74, 6) is 0.592. The Bertz CT molecular complexity index is 417. The second-order valence-electron chi connectivity index (χ2n) is 4.17. The largest absolute Gasteiger partial charge is 0.0741 e. The molecule has 0 aromatic heterocycles. The van der Waals surface area contributed by atoms with Crippen molar-refractivity contribution in [3.8, 4) is 0 Å². The number of hydrogen-bond donors (Lipinski definition) is 0. The Morgan fingerprint density at radius 1 is 1.07 bits per heavy atom. The lowest BCUT2D eigenvalue weighted by atomic mass is 9.98. The molecule has 0 heteroatoms. The zero-order valence-electron chi connectivity index (χ0n) is 9.27. The van der Waals surface area contributed by atoms with Crippen LogP contribution in [0.5, 0.6) is 0 Å². The molecule has 76 valence electrons. The minimum atomic E-state index is 0.592. The van der Waals surface area contributed by atoms with E-state index in [2.05, 4.69) is 68.5 Å². The average Bonchev–Trinajstić information content (AvgIpc) is 2.66. The number of hydrogen-bond acceptors (Lipinski definition) is 0. The van der Waals surface area contributed by atoms with Gasteiger partial charge in [0, 0.05) is 0 Å². The van der Waals surface area contributed by atoms with Crippen molar-refractivity contribution in [3.63, 3.8) is 0 Å². The van der Waals surface area contributed by atoms with E-state index in [1.54, 1.807) is 0 Å². The van der Waals surface area contributed by atoms with E-state index in [0.29, 0.717) is 5.92 Å². The van der Waals surface area contributed by atoms with Gasteiger partial charge in [-0.25, -0.2) is 0 Å². The summed E-state index contributed by atoms with van der Waals surface area (Å²) in [7, 11) is 0. The highest BCUT2D eigenvalue weighted by atomic mass is 14.1. The maximum Gasteiger partial charge on any atom is -0.0115 e. The second-order valence-corrected chi connectivity index (χ2v) is 4.17. The van der Waals surface area contributed by atoms with Gasteiger partial charge in [-0.2, -0.15) is 0 Å². The predicted octanol–water partition coefficient (Wildman–Crippen LogP) is 4.22. The lowest BCUT2D eigenvalue weighted by Gasteiger charge is -2.06. The van der Waals surface area contributed by atoms with E-state index in [1.807, 2.05) is 0 Å². The van der Waals surface area contributed by atoms with Gasteiger partial charge in [-0.05, 0) is 22.6 Å². The van der Waals surface area contributed by atoms with Gasteiger partial charge in [0.15, 0.2) is 0 Å². The van der Waals surface area contributed by atoms with E-state index in [-0.39, 0.29) is 0 Å².